The molecule has 0 radical (unpaired) electrons. The van der Waals surface area contributed by atoms with E-state index in [2.05, 4.69) is 41.5 Å². The average molecular weight is 350 g/mol. The van der Waals surface area contributed by atoms with Gasteiger partial charge >= 0.3 is 0 Å². The Labute approximate surface area is 155 Å². The molecule has 26 heavy (non-hydrogen) atoms. The van der Waals surface area contributed by atoms with Crippen LogP contribution in [0.5, 0.6) is 0 Å². The summed E-state index contributed by atoms with van der Waals surface area (Å²) in [4.78, 5) is 19.0. The Morgan fingerprint density at radius 1 is 1.19 bits per heavy atom. The standard InChI is InChI=1S/C21H26N4O/c1-14-6-5-7-19-20(14)17(21(26)24-19)13-23-16-8-9-18(15(2)12-16)22-10-11-25(3)4/h5-9,12-13,17,22H,10-11H2,1-4H3,(H,24,26). The highest BCUT2D eigenvalue weighted by atomic mass is 16.2. The highest BCUT2D eigenvalue weighted by Gasteiger charge is 2.30. The smallest absolute Gasteiger partial charge is 0.237 e. The second kappa shape index (κ2) is 7.70. The molecular weight excluding hydrogens is 324 g/mol. The van der Waals surface area contributed by atoms with Crippen molar-refractivity contribution in [2.45, 2.75) is 19.8 Å². The van der Waals surface area contributed by atoms with Gasteiger partial charge in [-0.1, -0.05) is 12.1 Å². The Hall–Kier alpha value is -2.66. The van der Waals surface area contributed by atoms with Gasteiger partial charge in [0.05, 0.1) is 5.69 Å². The zero-order valence-corrected chi connectivity index (χ0v) is 15.8. The van der Waals surface area contributed by atoms with E-state index in [4.69, 9.17) is 0 Å². The van der Waals surface area contributed by atoms with Crippen LogP contribution in [0.3, 0.4) is 0 Å². The lowest BCUT2D eigenvalue weighted by molar-refractivity contribution is -0.115. The minimum Gasteiger partial charge on any atom is -0.384 e. The van der Waals surface area contributed by atoms with Crippen LogP contribution in [0.4, 0.5) is 17.1 Å². The fourth-order valence-corrected chi connectivity index (χ4v) is 3.19. The number of nitrogens with zero attached hydrogens (tertiary/aromatic N) is 2. The second-order valence-electron chi connectivity index (χ2n) is 7.01. The van der Waals surface area contributed by atoms with Crippen LogP contribution in [0.1, 0.15) is 22.6 Å². The highest BCUT2D eigenvalue weighted by Crippen LogP contribution is 2.34. The molecule has 0 saturated heterocycles. The minimum absolute atomic E-state index is 0.0169. The first-order valence-electron chi connectivity index (χ1n) is 8.89. The molecular formula is C21H26N4O. The third-order valence-electron chi connectivity index (χ3n) is 4.63. The van der Waals surface area contributed by atoms with Crippen molar-refractivity contribution in [3.63, 3.8) is 0 Å². The number of carbonyl (C=O) groups is 1. The maximum atomic E-state index is 12.3. The van der Waals surface area contributed by atoms with E-state index in [1.54, 1.807) is 6.21 Å². The van der Waals surface area contributed by atoms with E-state index in [-0.39, 0.29) is 11.8 Å². The van der Waals surface area contributed by atoms with Gasteiger partial charge in [-0.05, 0) is 68.9 Å². The molecule has 2 aromatic rings. The summed E-state index contributed by atoms with van der Waals surface area (Å²) in [6.07, 6.45) is 1.75. The molecule has 2 N–H and O–H groups in total. The molecule has 0 bridgehead atoms. The van der Waals surface area contributed by atoms with E-state index in [1.807, 2.05) is 43.3 Å². The number of benzene rings is 2. The molecule has 0 spiro atoms. The molecule has 1 amide bonds. The Bertz CT molecular complexity index is 842. The van der Waals surface area contributed by atoms with Crippen LogP contribution in [0.15, 0.2) is 41.4 Å². The third kappa shape index (κ3) is 3.94. The van der Waals surface area contributed by atoms with Crippen molar-refractivity contribution in [3.8, 4) is 0 Å². The molecule has 1 atom stereocenters. The molecule has 1 aliphatic heterocycles. The van der Waals surface area contributed by atoms with Crippen molar-refractivity contribution in [2.24, 2.45) is 4.99 Å². The van der Waals surface area contributed by atoms with Crippen LogP contribution in [0.25, 0.3) is 0 Å². The van der Waals surface area contributed by atoms with E-state index in [0.29, 0.717) is 0 Å². The van der Waals surface area contributed by atoms with E-state index in [9.17, 15) is 4.79 Å². The van der Waals surface area contributed by atoms with Crippen molar-refractivity contribution in [1.82, 2.24) is 4.90 Å². The molecule has 5 nitrogen and oxygen atoms in total. The third-order valence-corrected chi connectivity index (χ3v) is 4.63. The predicted octanol–water partition coefficient (Wildman–Crippen LogP) is 3.72. The fraction of sp³-hybridized carbons (Fsp3) is 0.333. The van der Waals surface area contributed by atoms with Crippen LogP contribution in [0.2, 0.25) is 0 Å². The van der Waals surface area contributed by atoms with Gasteiger partial charge in [0.25, 0.3) is 0 Å². The number of nitrogens with one attached hydrogen (secondary N) is 2. The Balaban J connectivity index is 1.74. The van der Waals surface area contributed by atoms with Gasteiger partial charge < -0.3 is 15.5 Å². The molecule has 0 saturated carbocycles. The van der Waals surface area contributed by atoms with Crippen molar-refractivity contribution >= 4 is 29.2 Å². The maximum Gasteiger partial charge on any atom is 0.237 e. The number of likely N-dealkylation sites (N-methyl/N-ethyl adjacent to an activating group) is 1. The fourth-order valence-electron chi connectivity index (χ4n) is 3.19. The van der Waals surface area contributed by atoms with Crippen LogP contribution < -0.4 is 10.6 Å². The minimum atomic E-state index is -0.329. The van der Waals surface area contributed by atoms with Gasteiger partial charge in [0, 0.05) is 30.7 Å². The number of aryl methyl sites for hydroxylation is 2. The Kier molecular flexibility index (Phi) is 5.38. The average Bonchev–Trinajstić information content (AvgIpc) is 2.91. The topological polar surface area (TPSA) is 56.7 Å². The van der Waals surface area contributed by atoms with E-state index in [1.165, 1.54) is 0 Å². The van der Waals surface area contributed by atoms with Crippen molar-refractivity contribution in [1.29, 1.82) is 0 Å². The van der Waals surface area contributed by atoms with Gasteiger partial charge in [-0.2, -0.15) is 0 Å². The first-order chi connectivity index (χ1) is 12.5. The van der Waals surface area contributed by atoms with Gasteiger partial charge in [0.2, 0.25) is 5.91 Å². The predicted molar refractivity (Wildman–Crippen MR) is 109 cm³/mol. The number of carbonyl (C=O) groups excluding carboxylic acids is 1. The largest absolute Gasteiger partial charge is 0.384 e. The zero-order valence-electron chi connectivity index (χ0n) is 15.8. The van der Waals surface area contributed by atoms with E-state index >= 15 is 0 Å². The second-order valence-corrected chi connectivity index (χ2v) is 7.01. The Morgan fingerprint density at radius 2 is 2.00 bits per heavy atom. The lowest BCUT2D eigenvalue weighted by atomic mass is 9.97. The molecule has 1 unspecified atom stereocenters. The Morgan fingerprint density at radius 3 is 2.73 bits per heavy atom. The first kappa shape index (κ1) is 18.1. The number of rotatable bonds is 6. The molecule has 2 aromatic carbocycles. The summed E-state index contributed by atoms with van der Waals surface area (Å²) in [6.45, 7) is 5.97. The molecule has 3 rings (SSSR count). The summed E-state index contributed by atoms with van der Waals surface area (Å²) in [5, 5.41) is 6.37. The number of fused-ring (bicyclic) bond motifs is 1. The zero-order chi connectivity index (χ0) is 18.7. The summed E-state index contributed by atoms with van der Waals surface area (Å²) in [6, 6.07) is 12.0. The molecule has 1 heterocycles. The summed E-state index contributed by atoms with van der Waals surface area (Å²) < 4.78 is 0. The normalized spacial score (nSPS) is 16.2. The van der Waals surface area contributed by atoms with E-state index < -0.39 is 0 Å². The number of anilines is 2. The summed E-state index contributed by atoms with van der Waals surface area (Å²) in [5.41, 5.74) is 6.14. The van der Waals surface area contributed by atoms with Crippen molar-refractivity contribution in [2.75, 3.05) is 37.8 Å². The molecule has 5 heteroatoms. The highest BCUT2D eigenvalue weighted by molar-refractivity contribution is 6.13. The van der Waals surface area contributed by atoms with Gasteiger partial charge in [-0.3, -0.25) is 9.79 Å². The number of amides is 1. The monoisotopic (exact) mass is 350 g/mol. The van der Waals surface area contributed by atoms with E-state index in [0.717, 1.165) is 46.8 Å². The lowest BCUT2D eigenvalue weighted by Gasteiger charge is -2.13. The molecule has 0 aliphatic carbocycles. The number of hydrogen-bond acceptors (Lipinski definition) is 4. The van der Waals surface area contributed by atoms with Crippen molar-refractivity contribution < 1.29 is 4.79 Å². The van der Waals surface area contributed by atoms with Crippen LogP contribution in [-0.2, 0) is 4.79 Å². The SMILES string of the molecule is Cc1cc(N=CC2C(=O)Nc3cccc(C)c32)ccc1NCCN(C)C. The van der Waals surface area contributed by atoms with Gasteiger partial charge in [0.15, 0.2) is 0 Å². The van der Waals surface area contributed by atoms with Gasteiger partial charge in [-0.15, -0.1) is 0 Å². The van der Waals surface area contributed by atoms with Gasteiger partial charge in [0.1, 0.15) is 5.92 Å². The van der Waals surface area contributed by atoms with Crippen LogP contribution in [0, 0.1) is 13.8 Å². The lowest BCUT2D eigenvalue weighted by Crippen LogP contribution is -2.21. The van der Waals surface area contributed by atoms with Gasteiger partial charge in [-0.25, -0.2) is 0 Å². The molecule has 1 aliphatic rings. The summed E-state index contributed by atoms with van der Waals surface area (Å²) in [5.74, 6) is -0.346. The first-order valence-corrected chi connectivity index (χ1v) is 8.89. The maximum absolute atomic E-state index is 12.3. The van der Waals surface area contributed by atoms with Crippen molar-refractivity contribution in [3.05, 3.63) is 53.1 Å². The number of aliphatic imine (C=N–C) groups is 1. The summed E-state index contributed by atoms with van der Waals surface area (Å²) >= 11 is 0. The van der Waals surface area contributed by atoms with Crippen LogP contribution in [-0.4, -0.2) is 44.2 Å². The van der Waals surface area contributed by atoms with Crippen LogP contribution >= 0.6 is 0 Å². The number of hydrogen-bond donors (Lipinski definition) is 2. The summed E-state index contributed by atoms with van der Waals surface area (Å²) in [7, 11) is 4.12. The molecule has 0 aromatic heterocycles. The molecule has 136 valence electrons. The quantitative estimate of drug-likeness (QED) is 0.781. The molecule has 0 fully saturated rings.